The largest absolute Gasteiger partial charge is 0.493 e. The van der Waals surface area contributed by atoms with Gasteiger partial charge >= 0.3 is 0 Å². The van der Waals surface area contributed by atoms with Gasteiger partial charge in [-0.1, -0.05) is 35.9 Å². The van der Waals surface area contributed by atoms with Crippen molar-refractivity contribution < 1.29 is 14.3 Å². The van der Waals surface area contributed by atoms with Gasteiger partial charge < -0.3 is 24.6 Å². The molecule has 1 aliphatic carbocycles. The lowest BCUT2D eigenvalue weighted by atomic mass is 10.1. The number of piperazine rings is 1. The van der Waals surface area contributed by atoms with Crippen LogP contribution in [0.3, 0.4) is 0 Å². The Morgan fingerprint density at radius 2 is 1.69 bits per heavy atom. The van der Waals surface area contributed by atoms with E-state index in [1.165, 1.54) is 24.8 Å². The van der Waals surface area contributed by atoms with E-state index in [0.29, 0.717) is 24.5 Å². The van der Waals surface area contributed by atoms with Crippen molar-refractivity contribution in [3.05, 3.63) is 54.1 Å². The molecule has 190 valence electrons. The Kier molecular flexibility index (Phi) is 9.29. The quantitative estimate of drug-likeness (QED) is 0.645. The molecular formula is C29H41N3O3. The Morgan fingerprint density at radius 3 is 2.29 bits per heavy atom. The summed E-state index contributed by atoms with van der Waals surface area (Å²) in [4.78, 5) is 16.9. The Balaban J connectivity index is 0.000000356. The molecule has 5 rings (SSSR count). The highest BCUT2D eigenvalue weighted by atomic mass is 16.5. The number of hydrogen-bond donors (Lipinski definition) is 1. The third kappa shape index (κ3) is 7.38. The minimum Gasteiger partial charge on any atom is -0.493 e. The van der Waals surface area contributed by atoms with Crippen LogP contribution in [0.1, 0.15) is 50.5 Å². The standard InChI is InChI=1S/C22H33N3O3.C7H8/c1-27-20-9-8-18(16-21(20)28-19-6-2-3-7-19)24-11-13-25(14-12-24)22(26)15-17-5-4-10-23-17;1-7-5-3-2-4-6-7/h8-9,16-17,19,23H,2-7,10-15H2,1H3;2-6H,1H3. The fourth-order valence-corrected chi connectivity index (χ4v) is 5.16. The molecule has 2 heterocycles. The maximum atomic E-state index is 12.6. The van der Waals surface area contributed by atoms with Gasteiger partial charge in [0.1, 0.15) is 0 Å². The summed E-state index contributed by atoms with van der Waals surface area (Å²) < 4.78 is 11.7. The molecule has 1 amide bonds. The van der Waals surface area contributed by atoms with Crippen LogP contribution in [-0.2, 0) is 4.79 Å². The van der Waals surface area contributed by atoms with Gasteiger partial charge in [0, 0.05) is 50.4 Å². The predicted molar refractivity (Wildman–Crippen MR) is 141 cm³/mol. The zero-order valence-electron chi connectivity index (χ0n) is 21.4. The van der Waals surface area contributed by atoms with Crippen LogP contribution in [-0.4, -0.2) is 62.8 Å². The molecule has 1 saturated carbocycles. The molecule has 0 aromatic heterocycles. The van der Waals surface area contributed by atoms with Gasteiger partial charge in [-0.05, 0) is 64.1 Å². The molecule has 2 aromatic rings. The summed E-state index contributed by atoms with van der Waals surface area (Å²) >= 11 is 0. The molecule has 0 bridgehead atoms. The Bertz CT molecular complexity index is 916. The summed E-state index contributed by atoms with van der Waals surface area (Å²) in [6.45, 7) is 6.43. The van der Waals surface area contributed by atoms with Gasteiger partial charge in [0.15, 0.2) is 11.5 Å². The Morgan fingerprint density at radius 1 is 0.943 bits per heavy atom. The number of rotatable bonds is 6. The zero-order valence-corrected chi connectivity index (χ0v) is 21.4. The highest BCUT2D eigenvalue weighted by Crippen LogP contribution is 2.35. The summed E-state index contributed by atoms with van der Waals surface area (Å²) in [5, 5.41) is 3.42. The van der Waals surface area contributed by atoms with E-state index < -0.39 is 0 Å². The topological polar surface area (TPSA) is 54.0 Å². The van der Waals surface area contributed by atoms with Crippen molar-refractivity contribution in [3.63, 3.8) is 0 Å². The Labute approximate surface area is 210 Å². The first-order valence-electron chi connectivity index (χ1n) is 13.2. The maximum Gasteiger partial charge on any atom is 0.224 e. The third-order valence-electron chi connectivity index (χ3n) is 7.26. The molecule has 6 heteroatoms. The number of nitrogens with one attached hydrogen (secondary N) is 1. The van der Waals surface area contributed by atoms with Crippen molar-refractivity contribution >= 4 is 11.6 Å². The fourth-order valence-electron chi connectivity index (χ4n) is 5.16. The zero-order chi connectivity index (χ0) is 24.5. The van der Waals surface area contributed by atoms with Gasteiger partial charge in [-0.25, -0.2) is 0 Å². The lowest BCUT2D eigenvalue weighted by Crippen LogP contribution is -2.49. The van der Waals surface area contributed by atoms with Crippen LogP contribution in [0.25, 0.3) is 0 Å². The number of amides is 1. The number of hydrogen-bond acceptors (Lipinski definition) is 5. The highest BCUT2D eigenvalue weighted by molar-refractivity contribution is 5.77. The van der Waals surface area contributed by atoms with E-state index in [1.54, 1.807) is 7.11 Å². The van der Waals surface area contributed by atoms with Crippen molar-refractivity contribution in [1.29, 1.82) is 0 Å². The highest BCUT2D eigenvalue weighted by Gasteiger charge is 2.26. The minimum atomic E-state index is 0.291. The minimum absolute atomic E-state index is 0.291. The first-order valence-corrected chi connectivity index (χ1v) is 13.2. The molecule has 0 radical (unpaired) electrons. The van der Waals surface area contributed by atoms with Crippen molar-refractivity contribution in [2.75, 3.05) is 44.7 Å². The fraction of sp³-hybridized carbons (Fsp3) is 0.552. The molecule has 1 unspecified atom stereocenters. The number of benzene rings is 2. The summed E-state index contributed by atoms with van der Waals surface area (Å²) in [6.07, 6.45) is 8.02. The smallest absolute Gasteiger partial charge is 0.224 e. The predicted octanol–water partition coefficient (Wildman–Crippen LogP) is 4.80. The van der Waals surface area contributed by atoms with E-state index in [4.69, 9.17) is 9.47 Å². The summed E-state index contributed by atoms with van der Waals surface area (Å²) in [6, 6.07) is 16.8. The average Bonchev–Trinajstić information content (AvgIpc) is 3.60. The van der Waals surface area contributed by atoms with E-state index in [1.807, 2.05) is 29.2 Å². The summed E-state index contributed by atoms with van der Waals surface area (Å²) in [5.74, 6) is 1.94. The first kappa shape index (κ1) is 25.4. The second kappa shape index (κ2) is 12.8. The Hall–Kier alpha value is -2.73. The van der Waals surface area contributed by atoms with Gasteiger partial charge in [-0.2, -0.15) is 0 Å². The van der Waals surface area contributed by atoms with Crippen LogP contribution in [0.15, 0.2) is 48.5 Å². The van der Waals surface area contributed by atoms with Crippen LogP contribution in [0.5, 0.6) is 11.5 Å². The number of carbonyl (C=O) groups is 1. The van der Waals surface area contributed by atoms with Crippen LogP contribution in [0.2, 0.25) is 0 Å². The molecule has 3 aliphatic rings. The molecule has 2 saturated heterocycles. The lowest BCUT2D eigenvalue weighted by Gasteiger charge is -2.36. The average molecular weight is 480 g/mol. The molecule has 1 N–H and O–H groups in total. The van der Waals surface area contributed by atoms with E-state index in [0.717, 1.165) is 69.2 Å². The second-order valence-corrected chi connectivity index (χ2v) is 9.88. The van der Waals surface area contributed by atoms with Crippen molar-refractivity contribution in [1.82, 2.24) is 10.2 Å². The molecule has 6 nitrogen and oxygen atoms in total. The number of aryl methyl sites for hydroxylation is 1. The van der Waals surface area contributed by atoms with Gasteiger partial charge in [0.05, 0.1) is 13.2 Å². The SMILES string of the molecule is COc1ccc(N2CCN(C(=O)CC3CCCN3)CC2)cc1OC1CCCC1.Cc1ccccc1. The van der Waals surface area contributed by atoms with Gasteiger partial charge in [0.25, 0.3) is 0 Å². The lowest BCUT2D eigenvalue weighted by molar-refractivity contribution is -0.131. The summed E-state index contributed by atoms with van der Waals surface area (Å²) in [5.41, 5.74) is 2.47. The van der Waals surface area contributed by atoms with E-state index in [9.17, 15) is 4.79 Å². The van der Waals surface area contributed by atoms with Crippen LogP contribution in [0.4, 0.5) is 5.69 Å². The third-order valence-corrected chi connectivity index (χ3v) is 7.26. The van der Waals surface area contributed by atoms with Crippen LogP contribution < -0.4 is 19.7 Å². The number of methoxy groups -OCH3 is 1. The van der Waals surface area contributed by atoms with Crippen LogP contribution in [0, 0.1) is 6.92 Å². The van der Waals surface area contributed by atoms with Crippen molar-refractivity contribution in [2.24, 2.45) is 0 Å². The van der Waals surface area contributed by atoms with E-state index in [2.05, 4.69) is 41.4 Å². The molecule has 2 aromatic carbocycles. The molecule has 2 aliphatic heterocycles. The number of carbonyl (C=O) groups excluding carboxylic acids is 1. The molecule has 1 atom stereocenters. The van der Waals surface area contributed by atoms with E-state index >= 15 is 0 Å². The summed E-state index contributed by atoms with van der Waals surface area (Å²) in [7, 11) is 1.69. The second-order valence-electron chi connectivity index (χ2n) is 9.88. The van der Waals surface area contributed by atoms with E-state index in [-0.39, 0.29) is 0 Å². The molecule has 3 fully saturated rings. The van der Waals surface area contributed by atoms with Crippen molar-refractivity contribution in [3.8, 4) is 11.5 Å². The normalized spacial score (nSPS) is 20.3. The van der Waals surface area contributed by atoms with Crippen molar-refractivity contribution in [2.45, 2.75) is 64.0 Å². The number of ether oxygens (including phenoxy) is 2. The van der Waals surface area contributed by atoms with Gasteiger partial charge in [-0.3, -0.25) is 4.79 Å². The molecule has 35 heavy (non-hydrogen) atoms. The maximum absolute atomic E-state index is 12.6. The van der Waals surface area contributed by atoms with Crippen LogP contribution >= 0.6 is 0 Å². The number of anilines is 1. The number of nitrogens with zero attached hydrogens (tertiary/aromatic N) is 2. The molecular weight excluding hydrogens is 438 g/mol. The molecule has 0 spiro atoms. The monoisotopic (exact) mass is 479 g/mol. The first-order chi connectivity index (χ1) is 17.1. The van der Waals surface area contributed by atoms with Gasteiger partial charge in [0.2, 0.25) is 5.91 Å². The van der Waals surface area contributed by atoms with Gasteiger partial charge in [-0.15, -0.1) is 0 Å².